The summed E-state index contributed by atoms with van der Waals surface area (Å²) in [6.07, 6.45) is 2.14. The minimum Gasteiger partial charge on any atom is -0.491 e. The van der Waals surface area contributed by atoms with Crippen LogP contribution in [0.1, 0.15) is 25.1 Å². The summed E-state index contributed by atoms with van der Waals surface area (Å²) in [5.74, 6) is 0.950. The Bertz CT molecular complexity index is 520. The van der Waals surface area contributed by atoms with Crippen molar-refractivity contribution in [3.63, 3.8) is 0 Å². The number of aromatic nitrogens is 2. The van der Waals surface area contributed by atoms with Crippen LogP contribution < -0.4 is 10.1 Å². The number of rotatable bonds is 6. The van der Waals surface area contributed by atoms with Crippen LogP contribution in [0.2, 0.25) is 0 Å². The first-order valence-corrected chi connectivity index (χ1v) is 6.59. The van der Waals surface area contributed by atoms with Gasteiger partial charge in [-0.2, -0.15) is 5.10 Å². The second kappa shape index (κ2) is 6.38. The Morgan fingerprint density at radius 2 is 2.00 bits per heavy atom. The summed E-state index contributed by atoms with van der Waals surface area (Å²) in [6, 6.07) is 10.1. The van der Waals surface area contributed by atoms with Crippen LogP contribution in [-0.4, -0.2) is 15.9 Å². The van der Waals surface area contributed by atoms with Crippen LogP contribution >= 0.6 is 0 Å². The molecule has 19 heavy (non-hydrogen) atoms. The Labute approximate surface area is 114 Å². The summed E-state index contributed by atoms with van der Waals surface area (Å²) < 4.78 is 7.60. The quantitative estimate of drug-likeness (QED) is 0.866. The molecule has 1 N–H and O–H groups in total. The summed E-state index contributed by atoms with van der Waals surface area (Å²) in [6.45, 7) is 5.62. The standard InChI is InChI=1S/C15H21N3O/c1-12(2)19-15-7-5-4-6-13(15)10-16-11-14-8-9-18(3)17-14/h4-9,12,16H,10-11H2,1-3H3. The highest BCUT2D eigenvalue weighted by Crippen LogP contribution is 2.19. The molecule has 0 fully saturated rings. The molecule has 0 saturated carbocycles. The molecule has 0 radical (unpaired) electrons. The molecular formula is C15H21N3O. The Morgan fingerprint density at radius 3 is 2.68 bits per heavy atom. The van der Waals surface area contributed by atoms with E-state index in [4.69, 9.17) is 4.74 Å². The molecule has 1 aromatic carbocycles. The zero-order valence-electron chi connectivity index (χ0n) is 11.8. The SMILES string of the molecule is CC(C)Oc1ccccc1CNCc1ccn(C)n1. The van der Waals surface area contributed by atoms with Crippen LogP contribution in [0.5, 0.6) is 5.75 Å². The maximum Gasteiger partial charge on any atom is 0.124 e. The normalized spacial score (nSPS) is 10.9. The number of benzene rings is 1. The van der Waals surface area contributed by atoms with Gasteiger partial charge in [0.05, 0.1) is 11.8 Å². The van der Waals surface area contributed by atoms with Crippen LogP contribution in [0.3, 0.4) is 0 Å². The van der Waals surface area contributed by atoms with Crippen molar-refractivity contribution in [2.24, 2.45) is 7.05 Å². The van der Waals surface area contributed by atoms with E-state index in [-0.39, 0.29) is 6.10 Å². The van der Waals surface area contributed by atoms with Crippen molar-refractivity contribution in [3.05, 3.63) is 47.8 Å². The van der Waals surface area contributed by atoms with Gasteiger partial charge in [-0.3, -0.25) is 4.68 Å². The van der Waals surface area contributed by atoms with Gasteiger partial charge in [-0.25, -0.2) is 0 Å². The van der Waals surface area contributed by atoms with Crippen molar-refractivity contribution in [3.8, 4) is 5.75 Å². The summed E-state index contributed by atoms with van der Waals surface area (Å²) >= 11 is 0. The Balaban J connectivity index is 1.92. The molecular weight excluding hydrogens is 238 g/mol. The van der Waals surface area contributed by atoms with E-state index in [1.54, 1.807) is 0 Å². The predicted octanol–water partition coefficient (Wildman–Crippen LogP) is 2.50. The molecule has 0 spiro atoms. The minimum absolute atomic E-state index is 0.192. The first-order chi connectivity index (χ1) is 9.15. The van der Waals surface area contributed by atoms with Gasteiger partial charge in [-0.15, -0.1) is 0 Å². The third-order valence-electron chi connectivity index (χ3n) is 2.73. The van der Waals surface area contributed by atoms with E-state index in [2.05, 4.69) is 16.5 Å². The molecule has 102 valence electrons. The average molecular weight is 259 g/mol. The van der Waals surface area contributed by atoms with E-state index in [1.165, 1.54) is 5.56 Å². The molecule has 4 heteroatoms. The molecule has 2 aromatic rings. The fourth-order valence-electron chi connectivity index (χ4n) is 1.90. The van der Waals surface area contributed by atoms with Crippen molar-refractivity contribution in [1.82, 2.24) is 15.1 Å². The van der Waals surface area contributed by atoms with Crippen molar-refractivity contribution in [2.75, 3.05) is 0 Å². The summed E-state index contributed by atoms with van der Waals surface area (Å²) in [5, 5.41) is 7.72. The van der Waals surface area contributed by atoms with Gasteiger partial charge in [0.1, 0.15) is 5.75 Å². The van der Waals surface area contributed by atoms with Crippen LogP contribution in [0.25, 0.3) is 0 Å². The number of nitrogens with zero attached hydrogens (tertiary/aromatic N) is 2. The topological polar surface area (TPSA) is 39.1 Å². The summed E-state index contributed by atoms with van der Waals surface area (Å²) in [5.41, 5.74) is 2.22. The smallest absolute Gasteiger partial charge is 0.124 e. The molecule has 0 bridgehead atoms. The maximum absolute atomic E-state index is 5.79. The fourth-order valence-corrected chi connectivity index (χ4v) is 1.90. The van der Waals surface area contributed by atoms with Crippen molar-refractivity contribution in [2.45, 2.75) is 33.0 Å². The van der Waals surface area contributed by atoms with E-state index in [0.717, 1.165) is 24.5 Å². The first kappa shape index (κ1) is 13.6. The van der Waals surface area contributed by atoms with E-state index in [9.17, 15) is 0 Å². The second-order valence-electron chi connectivity index (χ2n) is 4.86. The number of hydrogen-bond acceptors (Lipinski definition) is 3. The molecule has 0 amide bonds. The van der Waals surface area contributed by atoms with Gasteiger partial charge >= 0.3 is 0 Å². The molecule has 0 saturated heterocycles. The third kappa shape index (κ3) is 4.10. The zero-order chi connectivity index (χ0) is 13.7. The molecule has 0 aliphatic heterocycles. The van der Waals surface area contributed by atoms with Crippen LogP contribution in [0.15, 0.2) is 36.5 Å². The number of para-hydroxylation sites is 1. The second-order valence-corrected chi connectivity index (χ2v) is 4.86. The molecule has 0 aliphatic rings. The highest BCUT2D eigenvalue weighted by atomic mass is 16.5. The highest BCUT2D eigenvalue weighted by Gasteiger charge is 2.05. The Hall–Kier alpha value is -1.81. The van der Waals surface area contributed by atoms with Gasteiger partial charge in [-0.05, 0) is 26.0 Å². The lowest BCUT2D eigenvalue weighted by Crippen LogP contribution is -2.15. The molecule has 4 nitrogen and oxygen atoms in total. The molecule has 1 heterocycles. The van der Waals surface area contributed by atoms with Gasteiger partial charge in [0.25, 0.3) is 0 Å². The predicted molar refractivity (Wildman–Crippen MR) is 76.0 cm³/mol. The van der Waals surface area contributed by atoms with Crippen molar-refractivity contribution >= 4 is 0 Å². The lowest BCUT2D eigenvalue weighted by atomic mass is 10.2. The van der Waals surface area contributed by atoms with E-state index >= 15 is 0 Å². The van der Waals surface area contributed by atoms with Crippen LogP contribution in [-0.2, 0) is 20.1 Å². The molecule has 2 rings (SSSR count). The van der Waals surface area contributed by atoms with Crippen molar-refractivity contribution < 1.29 is 4.74 Å². The minimum atomic E-state index is 0.192. The first-order valence-electron chi connectivity index (χ1n) is 6.59. The van der Waals surface area contributed by atoms with Gasteiger partial charge < -0.3 is 10.1 Å². The largest absolute Gasteiger partial charge is 0.491 e. The molecule has 0 atom stereocenters. The van der Waals surface area contributed by atoms with Crippen LogP contribution in [0, 0.1) is 0 Å². The molecule has 1 aromatic heterocycles. The number of ether oxygens (including phenoxy) is 1. The molecule has 0 unspecified atom stereocenters. The van der Waals surface area contributed by atoms with Gasteiger partial charge in [0.15, 0.2) is 0 Å². The third-order valence-corrected chi connectivity index (χ3v) is 2.73. The maximum atomic E-state index is 5.79. The summed E-state index contributed by atoms with van der Waals surface area (Å²) in [7, 11) is 1.93. The van der Waals surface area contributed by atoms with E-state index < -0.39 is 0 Å². The molecule has 0 aliphatic carbocycles. The van der Waals surface area contributed by atoms with E-state index in [0.29, 0.717) is 0 Å². The Kier molecular flexibility index (Phi) is 4.58. The van der Waals surface area contributed by atoms with Gasteiger partial charge in [-0.1, -0.05) is 18.2 Å². The monoisotopic (exact) mass is 259 g/mol. The summed E-state index contributed by atoms with van der Waals surface area (Å²) in [4.78, 5) is 0. The lowest BCUT2D eigenvalue weighted by molar-refractivity contribution is 0.239. The number of nitrogens with one attached hydrogen (secondary N) is 1. The van der Waals surface area contributed by atoms with E-state index in [1.807, 2.05) is 56.0 Å². The van der Waals surface area contributed by atoms with Crippen molar-refractivity contribution in [1.29, 1.82) is 0 Å². The fraction of sp³-hybridized carbons (Fsp3) is 0.400. The van der Waals surface area contributed by atoms with Gasteiger partial charge in [0.2, 0.25) is 0 Å². The average Bonchev–Trinajstić information content (AvgIpc) is 2.77. The lowest BCUT2D eigenvalue weighted by Gasteiger charge is -2.14. The van der Waals surface area contributed by atoms with Gasteiger partial charge in [0, 0.05) is 31.9 Å². The zero-order valence-corrected chi connectivity index (χ0v) is 11.8. The Morgan fingerprint density at radius 1 is 1.21 bits per heavy atom. The number of aryl methyl sites for hydroxylation is 1. The highest BCUT2D eigenvalue weighted by molar-refractivity contribution is 5.33. The number of hydrogen-bond donors (Lipinski definition) is 1. The van der Waals surface area contributed by atoms with Crippen LogP contribution in [0.4, 0.5) is 0 Å².